The van der Waals surface area contributed by atoms with Crippen molar-refractivity contribution in [1.82, 2.24) is 0 Å². The standard InChI is InChI=1S/C25H19N3O3S/c26-15-20-22(18-11-5-2-6-12-18)24-23(31-25(20)27)19-13-7-8-14-21(19)28(32(24,29)30)16-17-9-3-1-4-10-17/h1-14,22H,16,27H2/t22-/m0/s1. The SMILES string of the molecule is N#CC1=C(N)OC2=C([C@H]1c1ccccc1)S(=O)(=O)N(Cc1ccccc1)c1ccccc12. The fourth-order valence-electron chi connectivity index (χ4n) is 4.21. The minimum Gasteiger partial charge on any atom is -0.439 e. The zero-order valence-corrected chi connectivity index (χ0v) is 17.8. The molecule has 0 spiro atoms. The molecular formula is C25H19N3O3S. The Morgan fingerprint density at radius 2 is 1.56 bits per heavy atom. The summed E-state index contributed by atoms with van der Waals surface area (Å²) in [7, 11) is -4.05. The first-order chi connectivity index (χ1) is 15.5. The van der Waals surface area contributed by atoms with Gasteiger partial charge in [-0.25, -0.2) is 8.42 Å². The van der Waals surface area contributed by atoms with E-state index in [2.05, 4.69) is 6.07 Å². The highest BCUT2D eigenvalue weighted by atomic mass is 32.2. The van der Waals surface area contributed by atoms with Crippen molar-refractivity contribution in [1.29, 1.82) is 5.26 Å². The summed E-state index contributed by atoms with van der Waals surface area (Å²) in [6, 6.07) is 27.7. The molecular weight excluding hydrogens is 422 g/mol. The van der Waals surface area contributed by atoms with Crippen molar-refractivity contribution in [2.45, 2.75) is 12.5 Å². The Labute approximate surface area is 186 Å². The summed E-state index contributed by atoms with van der Waals surface area (Å²) in [5.41, 5.74) is 8.83. The summed E-state index contributed by atoms with van der Waals surface area (Å²) in [6.07, 6.45) is 0. The van der Waals surface area contributed by atoms with Gasteiger partial charge in [0.2, 0.25) is 5.88 Å². The van der Waals surface area contributed by atoms with E-state index in [0.29, 0.717) is 16.8 Å². The van der Waals surface area contributed by atoms with Crippen LogP contribution in [-0.4, -0.2) is 8.42 Å². The van der Waals surface area contributed by atoms with Crippen LogP contribution < -0.4 is 10.0 Å². The highest BCUT2D eigenvalue weighted by Gasteiger charge is 2.47. The molecule has 0 fully saturated rings. The number of allylic oxidation sites excluding steroid dienone is 2. The third-order valence-electron chi connectivity index (χ3n) is 5.66. The molecule has 0 aliphatic carbocycles. The zero-order chi connectivity index (χ0) is 22.3. The number of sulfonamides is 1. The number of benzene rings is 3. The van der Waals surface area contributed by atoms with E-state index in [-0.39, 0.29) is 28.7 Å². The van der Waals surface area contributed by atoms with Crippen molar-refractivity contribution in [2.75, 3.05) is 4.31 Å². The molecule has 2 N–H and O–H groups in total. The van der Waals surface area contributed by atoms with Crippen LogP contribution in [0.3, 0.4) is 0 Å². The fraction of sp³-hybridized carbons (Fsp3) is 0.0800. The third-order valence-corrected chi connectivity index (χ3v) is 7.54. The van der Waals surface area contributed by atoms with Crippen LogP contribution in [0.25, 0.3) is 5.76 Å². The molecule has 5 rings (SSSR count). The van der Waals surface area contributed by atoms with E-state index < -0.39 is 15.9 Å². The van der Waals surface area contributed by atoms with Crippen molar-refractivity contribution < 1.29 is 13.2 Å². The number of anilines is 1. The van der Waals surface area contributed by atoms with Crippen molar-refractivity contribution in [3.05, 3.63) is 118 Å². The molecule has 2 aliphatic heterocycles. The maximum atomic E-state index is 14.1. The van der Waals surface area contributed by atoms with Crippen molar-refractivity contribution in [3.63, 3.8) is 0 Å². The second-order valence-corrected chi connectivity index (χ2v) is 9.37. The van der Waals surface area contributed by atoms with Gasteiger partial charge in [-0.15, -0.1) is 0 Å². The molecule has 0 saturated heterocycles. The van der Waals surface area contributed by atoms with Gasteiger partial charge in [-0.1, -0.05) is 72.8 Å². The van der Waals surface area contributed by atoms with Gasteiger partial charge >= 0.3 is 0 Å². The first-order valence-corrected chi connectivity index (χ1v) is 11.5. The minimum absolute atomic E-state index is 0.0316. The van der Waals surface area contributed by atoms with Gasteiger partial charge in [0.25, 0.3) is 10.0 Å². The molecule has 0 aromatic heterocycles. The predicted octanol–water partition coefficient (Wildman–Crippen LogP) is 4.21. The Kier molecular flexibility index (Phi) is 4.72. The van der Waals surface area contributed by atoms with Crippen LogP contribution in [0.4, 0.5) is 5.69 Å². The third kappa shape index (κ3) is 3.04. The minimum atomic E-state index is -4.05. The summed E-state index contributed by atoms with van der Waals surface area (Å²) in [5, 5.41) is 9.85. The van der Waals surface area contributed by atoms with E-state index in [1.165, 1.54) is 4.31 Å². The number of nitrogens with zero attached hydrogens (tertiary/aromatic N) is 2. The van der Waals surface area contributed by atoms with Gasteiger partial charge in [0.1, 0.15) is 16.5 Å². The summed E-state index contributed by atoms with van der Waals surface area (Å²) < 4.78 is 35.4. The molecule has 1 atom stereocenters. The van der Waals surface area contributed by atoms with Crippen LogP contribution in [0.5, 0.6) is 0 Å². The average Bonchev–Trinajstić information content (AvgIpc) is 2.82. The predicted molar refractivity (Wildman–Crippen MR) is 122 cm³/mol. The highest BCUT2D eigenvalue weighted by Crippen LogP contribution is 2.51. The largest absolute Gasteiger partial charge is 0.439 e. The van der Waals surface area contributed by atoms with E-state index in [1.807, 2.05) is 48.5 Å². The summed E-state index contributed by atoms with van der Waals surface area (Å²) >= 11 is 0. The van der Waals surface area contributed by atoms with Gasteiger partial charge < -0.3 is 10.5 Å². The molecule has 7 heteroatoms. The number of nitriles is 1. The number of para-hydroxylation sites is 1. The Balaban J connectivity index is 1.77. The number of hydrogen-bond acceptors (Lipinski definition) is 5. The maximum Gasteiger partial charge on any atom is 0.265 e. The van der Waals surface area contributed by atoms with Crippen LogP contribution in [0.15, 0.2) is 101 Å². The molecule has 2 heterocycles. The molecule has 0 amide bonds. The normalized spacial score (nSPS) is 19.0. The van der Waals surface area contributed by atoms with Crippen LogP contribution in [-0.2, 0) is 21.3 Å². The monoisotopic (exact) mass is 441 g/mol. The van der Waals surface area contributed by atoms with Crippen molar-refractivity contribution in [3.8, 4) is 6.07 Å². The van der Waals surface area contributed by atoms with E-state index >= 15 is 0 Å². The summed E-state index contributed by atoms with van der Waals surface area (Å²) in [6.45, 7) is 0.152. The lowest BCUT2D eigenvalue weighted by molar-refractivity contribution is 0.357. The molecule has 158 valence electrons. The molecule has 3 aromatic carbocycles. The van der Waals surface area contributed by atoms with Crippen molar-refractivity contribution >= 4 is 21.5 Å². The molecule has 32 heavy (non-hydrogen) atoms. The first-order valence-electron chi connectivity index (χ1n) is 10.0. The fourth-order valence-corrected chi connectivity index (χ4v) is 6.12. The van der Waals surface area contributed by atoms with Gasteiger partial charge in [0, 0.05) is 5.56 Å². The van der Waals surface area contributed by atoms with E-state index in [0.717, 1.165) is 5.56 Å². The van der Waals surface area contributed by atoms with Gasteiger partial charge in [-0.05, 0) is 23.3 Å². The maximum absolute atomic E-state index is 14.1. The highest BCUT2D eigenvalue weighted by molar-refractivity contribution is 7.96. The molecule has 0 saturated carbocycles. The van der Waals surface area contributed by atoms with Crippen molar-refractivity contribution in [2.24, 2.45) is 5.73 Å². The summed E-state index contributed by atoms with van der Waals surface area (Å²) in [4.78, 5) is 0.0316. The first kappa shape index (κ1) is 19.9. The lowest BCUT2D eigenvalue weighted by Gasteiger charge is -2.38. The van der Waals surface area contributed by atoms with E-state index in [4.69, 9.17) is 10.5 Å². The van der Waals surface area contributed by atoms with Gasteiger partial charge in [0.05, 0.1) is 18.2 Å². The second-order valence-electron chi connectivity index (χ2n) is 7.54. The molecule has 0 unspecified atom stereocenters. The van der Waals surface area contributed by atoms with Crippen LogP contribution >= 0.6 is 0 Å². The zero-order valence-electron chi connectivity index (χ0n) is 17.0. The van der Waals surface area contributed by atoms with Crippen LogP contribution in [0, 0.1) is 11.3 Å². The van der Waals surface area contributed by atoms with E-state index in [1.54, 1.807) is 36.4 Å². The number of ether oxygens (including phenoxy) is 1. The lowest BCUT2D eigenvalue weighted by atomic mass is 9.88. The number of fused-ring (bicyclic) bond motifs is 2. The Bertz CT molecular complexity index is 1410. The topological polar surface area (TPSA) is 96.4 Å². The average molecular weight is 442 g/mol. The van der Waals surface area contributed by atoms with Crippen LogP contribution in [0.1, 0.15) is 22.6 Å². The summed E-state index contributed by atoms with van der Waals surface area (Å²) in [5.74, 6) is -0.765. The second kappa shape index (κ2) is 7.59. The lowest BCUT2D eigenvalue weighted by Crippen LogP contribution is -2.39. The Morgan fingerprint density at radius 1 is 0.938 bits per heavy atom. The Hall–Kier alpha value is -4.02. The van der Waals surface area contributed by atoms with Crippen LogP contribution in [0.2, 0.25) is 0 Å². The van der Waals surface area contributed by atoms with Gasteiger partial charge in [-0.2, -0.15) is 5.26 Å². The molecule has 2 aliphatic rings. The van der Waals surface area contributed by atoms with Gasteiger partial charge in [0.15, 0.2) is 5.76 Å². The quantitative estimate of drug-likeness (QED) is 0.657. The molecule has 6 nitrogen and oxygen atoms in total. The number of hydrogen-bond donors (Lipinski definition) is 1. The number of rotatable bonds is 3. The number of nitrogens with two attached hydrogens (primary N) is 1. The molecule has 0 bridgehead atoms. The van der Waals surface area contributed by atoms with E-state index in [9.17, 15) is 13.7 Å². The Morgan fingerprint density at radius 3 is 2.25 bits per heavy atom. The van der Waals surface area contributed by atoms with Gasteiger partial charge in [-0.3, -0.25) is 4.31 Å². The molecule has 0 radical (unpaired) electrons. The smallest absolute Gasteiger partial charge is 0.265 e. The molecule has 3 aromatic rings.